The summed E-state index contributed by atoms with van der Waals surface area (Å²) in [5.74, 6) is -2.18. The second-order valence-corrected chi connectivity index (χ2v) is 5.89. The van der Waals surface area contributed by atoms with Crippen LogP contribution in [0.4, 0.5) is 19.0 Å². The van der Waals surface area contributed by atoms with Crippen LogP contribution in [0.1, 0.15) is 12.0 Å². The number of nitrogens with zero attached hydrogens (tertiary/aromatic N) is 3. The number of likely N-dealkylation sites (tertiary alicyclic amines) is 1. The number of alkyl halides is 3. The zero-order valence-corrected chi connectivity index (χ0v) is 14.1. The Morgan fingerprint density at radius 3 is 2.56 bits per heavy atom. The van der Waals surface area contributed by atoms with Crippen LogP contribution in [0, 0.1) is 5.92 Å². The summed E-state index contributed by atoms with van der Waals surface area (Å²) < 4.78 is 31.7. The topological polar surface area (TPSA) is 135 Å². The average molecular weight is 385 g/mol. The minimum Gasteiger partial charge on any atom is -0.475 e. The predicted molar refractivity (Wildman–Crippen MR) is 90.2 cm³/mol. The van der Waals surface area contributed by atoms with Crippen molar-refractivity contribution in [3.63, 3.8) is 0 Å². The van der Waals surface area contributed by atoms with E-state index < -0.39 is 12.1 Å². The SMILES string of the molecule is NC[C@@H]1CCN(Cc2ccc3ncnc(N)c3c2)C1=O.O=C(O)C(F)(F)F. The fraction of sp³-hybridized carbons (Fsp3) is 0.375. The molecule has 11 heteroatoms. The zero-order chi connectivity index (χ0) is 20.2. The number of hydrogen-bond donors (Lipinski definition) is 3. The predicted octanol–water partition coefficient (Wildman–Crippen LogP) is 1.15. The highest BCUT2D eigenvalue weighted by Gasteiger charge is 2.38. The number of aromatic nitrogens is 2. The largest absolute Gasteiger partial charge is 0.490 e. The third-order valence-corrected chi connectivity index (χ3v) is 4.04. The lowest BCUT2D eigenvalue weighted by molar-refractivity contribution is -0.192. The van der Waals surface area contributed by atoms with Crippen LogP contribution < -0.4 is 11.5 Å². The van der Waals surface area contributed by atoms with Crippen molar-refractivity contribution in [1.29, 1.82) is 0 Å². The minimum absolute atomic E-state index is 0.0242. The van der Waals surface area contributed by atoms with E-state index in [-0.39, 0.29) is 11.8 Å². The summed E-state index contributed by atoms with van der Waals surface area (Å²) in [6.45, 7) is 1.77. The molecule has 1 amide bonds. The molecular weight excluding hydrogens is 367 g/mol. The normalized spacial score (nSPS) is 17.0. The van der Waals surface area contributed by atoms with Crippen LogP contribution in [0.15, 0.2) is 24.5 Å². The smallest absolute Gasteiger partial charge is 0.475 e. The molecule has 1 aliphatic heterocycles. The van der Waals surface area contributed by atoms with Crippen LogP contribution >= 0.6 is 0 Å². The first kappa shape index (κ1) is 20.4. The van der Waals surface area contributed by atoms with Gasteiger partial charge in [-0.05, 0) is 24.1 Å². The lowest BCUT2D eigenvalue weighted by Crippen LogP contribution is -2.29. The number of carboxylic acids is 1. The van der Waals surface area contributed by atoms with Crippen LogP contribution in [-0.2, 0) is 16.1 Å². The maximum atomic E-state index is 12.1. The van der Waals surface area contributed by atoms with Crippen molar-refractivity contribution in [3.05, 3.63) is 30.1 Å². The van der Waals surface area contributed by atoms with Gasteiger partial charge in [-0.25, -0.2) is 14.8 Å². The van der Waals surface area contributed by atoms with Gasteiger partial charge in [0.05, 0.1) is 11.4 Å². The number of fused-ring (bicyclic) bond motifs is 1. The lowest BCUT2D eigenvalue weighted by Gasteiger charge is -2.17. The van der Waals surface area contributed by atoms with Gasteiger partial charge in [0.15, 0.2) is 0 Å². The summed E-state index contributed by atoms with van der Waals surface area (Å²) in [4.78, 5) is 31.0. The molecule has 0 saturated carbocycles. The van der Waals surface area contributed by atoms with E-state index in [1.807, 2.05) is 23.1 Å². The number of nitrogens with two attached hydrogens (primary N) is 2. The Morgan fingerprint density at radius 2 is 2.00 bits per heavy atom. The molecule has 2 aromatic rings. The minimum atomic E-state index is -5.08. The van der Waals surface area contributed by atoms with Crippen LogP contribution in [-0.4, -0.2) is 51.1 Å². The summed E-state index contributed by atoms with van der Waals surface area (Å²) in [5.41, 5.74) is 13.3. The second kappa shape index (κ2) is 8.16. The van der Waals surface area contributed by atoms with Gasteiger partial charge >= 0.3 is 12.1 Å². The Kier molecular flexibility index (Phi) is 6.16. The summed E-state index contributed by atoms with van der Waals surface area (Å²) >= 11 is 0. The number of amides is 1. The molecule has 0 bridgehead atoms. The van der Waals surface area contributed by atoms with Crippen molar-refractivity contribution in [2.75, 3.05) is 18.8 Å². The molecule has 1 fully saturated rings. The molecule has 27 heavy (non-hydrogen) atoms. The van der Waals surface area contributed by atoms with Crippen LogP contribution in [0.2, 0.25) is 0 Å². The van der Waals surface area contributed by atoms with Gasteiger partial charge in [-0.15, -0.1) is 0 Å². The maximum Gasteiger partial charge on any atom is 0.490 e. The van der Waals surface area contributed by atoms with Crippen molar-refractivity contribution in [2.45, 2.75) is 19.1 Å². The molecule has 8 nitrogen and oxygen atoms in total. The molecule has 5 N–H and O–H groups in total. The molecule has 146 valence electrons. The first-order valence-corrected chi connectivity index (χ1v) is 7.91. The van der Waals surface area contributed by atoms with Crippen molar-refractivity contribution in [3.8, 4) is 0 Å². The molecule has 0 radical (unpaired) electrons. The molecule has 1 atom stereocenters. The third-order valence-electron chi connectivity index (χ3n) is 4.04. The Balaban J connectivity index is 0.000000321. The van der Waals surface area contributed by atoms with Crippen LogP contribution in [0.5, 0.6) is 0 Å². The Bertz CT molecular complexity index is 844. The third kappa shape index (κ3) is 5.03. The summed E-state index contributed by atoms with van der Waals surface area (Å²) in [6, 6.07) is 5.83. The molecular formula is C16H18F3N5O3. The fourth-order valence-electron chi connectivity index (χ4n) is 2.62. The number of anilines is 1. The van der Waals surface area contributed by atoms with Crippen molar-refractivity contribution in [2.24, 2.45) is 11.7 Å². The van der Waals surface area contributed by atoms with Crippen molar-refractivity contribution in [1.82, 2.24) is 14.9 Å². The Morgan fingerprint density at radius 1 is 1.33 bits per heavy atom. The van der Waals surface area contributed by atoms with E-state index in [9.17, 15) is 18.0 Å². The molecule has 0 aliphatic carbocycles. The van der Waals surface area contributed by atoms with Gasteiger partial charge in [0.25, 0.3) is 0 Å². The van der Waals surface area contributed by atoms with Gasteiger partial charge in [-0.1, -0.05) is 6.07 Å². The average Bonchev–Trinajstić information content (AvgIpc) is 2.95. The molecule has 1 aromatic carbocycles. The number of benzene rings is 1. The van der Waals surface area contributed by atoms with E-state index in [0.717, 1.165) is 29.4 Å². The highest BCUT2D eigenvalue weighted by molar-refractivity contribution is 5.88. The molecule has 3 rings (SSSR count). The standard InChI is InChI=1S/C14H17N5O.C2HF3O2/c15-6-10-3-4-19(14(10)20)7-9-1-2-12-11(5-9)13(16)18-8-17-12;3-2(4,5)1(6)7/h1-2,5,8,10H,3-4,6-7,15H2,(H2,16,17,18);(H,6,7)/t10-;/m0./s1. The summed E-state index contributed by atoms with van der Waals surface area (Å²) in [7, 11) is 0. The Labute approximate surface area is 152 Å². The summed E-state index contributed by atoms with van der Waals surface area (Å²) in [6.07, 6.45) is -2.79. The van der Waals surface area contributed by atoms with Gasteiger partial charge in [-0.3, -0.25) is 4.79 Å². The Hall–Kier alpha value is -2.95. The fourth-order valence-corrected chi connectivity index (χ4v) is 2.62. The number of halogens is 3. The number of carbonyl (C=O) groups excluding carboxylic acids is 1. The number of hydrogen-bond acceptors (Lipinski definition) is 6. The van der Waals surface area contributed by atoms with Gasteiger partial charge in [0.1, 0.15) is 12.1 Å². The van der Waals surface area contributed by atoms with Crippen LogP contribution in [0.3, 0.4) is 0 Å². The van der Waals surface area contributed by atoms with Crippen molar-refractivity contribution >= 4 is 28.6 Å². The molecule has 2 heterocycles. The van der Waals surface area contributed by atoms with E-state index >= 15 is 0 Å². The van der Waals surface area contributed by atoms with Crippen molar-refractivity contribution < 1.29 is 27.9 Å². The zero-order valence-electron chi connectivity index (χ0n) is 14.1. The maximum absolute atomic E-state index is 12.1. The number of aliphatic carboxylic acids is 1. The van der Waals surface area contributed by atoms with Gasteiger partial charge < -0.3 is 21.5 Å². The quantitative estimate of drug-likeness (QED) is 0.721. The second-order valence-electron chi connectivity index (χ2n) is 5.89. The molecule has 1 aliphatic rings. The van der Waals surface area contributed by atoms with E-state index in [1.54, 1.807) is 0 Å². The molecule has 0 spiro atoms. The molecule has 0 unspecified atom stereocenters. The number of carboxylic acid groups (broad SMARTS) is 1. The van der Waals surface area contributed by atoms with Crippen LogP contribution in [0.25, 0.3) is 10.9 Å². The van der Waals surface area contributed by atoms with Gasteiger partial charge in [-0.2, -0.15) is 13.2 Å². The van der Waals surface area contributed by atoms with Gasteiger partial charge in [0, 0.05) is 25.0 Å². The highest BCUT2D eigenvalue weighted by Crippen LogP contribution is 2.22. The van der Waals surface area contributed by atoms with E-state index in [2.05, 4.69) is 9.97 Å². The first-order valence-electron chi connectivity index (χ1n) is 7.91. The molecule has 1 aromatic heterocycles. The van der Waals surface area contributed by atoms with Gasteiger partial charge in [0.2, 0.25) is 5.91 Å². The highest BCUT2D eigenvalue weighted by atomic mass is 19.4. The monoisotopic (exact) mass is 385 g/mol. The lowest BCUT2D eigenvalue weighted by atomic mass is 10.1. The summed E-state index contributed by atoms with van der Waals surface area (Å²) in [5, 5.41) is 7.95. The number of carbonyl (C=O) groups is 2. The number of nitrogen functional groups attached to an aromatic ring is 1. The molecule has 1 saturated heterocycles. The number of rotatable bonds is 3. The van der Waals surface area contributed by atoms with E-state index in [0.29, 0.717) is 18.9 Å². The van der Waals surface area contributed by atoms with E-state index in [1.165, 1.54) is 6.33 Å². The first-order chi connectivity index (χ1) is 12.6. The van der Waals surface area contributed by atoms with E-state index in [4.69, 9.17) is 21.4 Å².